The smallest absolute Gasteiger partial charge is 0.147 e. The first-order valence-electron chi connectivity index (χ1n) is 23.4. The van der Waals surface area contributed by atoms with E-state index in [1.807, 2.05) is 12.3 Å². The Hall–Kier alpha value is -9.14. The zero-order valence-corrected chi connectivity index (χ0v) is 38.0. The highest BCUT2D eigenvalue weighted by Gasteiger charge is 2.26. The molecule has 0 aliphatic carbocycles. The van der Waals surface area contributed by atoms with Crippen molar-refractivity contribution in [1.29, 1.82) is 0 Å². The lowest BCUT2D eigenvalue weighted by Crippen LogP contribution is -2.24. The summed E-state index contributed by atoms with van der Waals surface area (Å²) < 4.78 is 13.8. The van der Waals surface area contributed by atoms with Gasteiger partial charge in [0.15, 0.2) is 0 Å². The fourth-order valence-electron chi connectivity index (χ4n) is 11.1. The summed E-state index contributed by atoms with van der Waals surface area (Å²) in [6, 6.07) is 69.3. The van der Waals surface area contributed by atoms with E-state index >= 15 is 0 Å². The standard InChI is InChI=1S/C61H43N7O/c1-39-32-60(68-54-25-12-7-20-47(54)48-31-30-41(34-59(48)68)69-42-33-40(35-62-36-42)65-38-64(2)55-26-13-14-27-56(55)65)63-37-49(39)61-57(66-50-21-8-3-16-43(50)44-17-4-9-22-51(44)66)28-15-29-58(61)67-52-23-10-5-18-45(52)46-19-6-11-24-53(46)67/h3-37H,38H2,1-2H3. The maximum Gasteiger partial charge on any atom is 0.147 e. The number of fused-ring (bicyclic) bond motifs is 10. The minimum absolute atomic E-state index is 0.667. The van der Waals surface area contributed by atoms with E-state index in [9.17, 15) is 0 Å². The summed E-state index contributed by atoms with van der Waals surface area (Å²) in [5.41, 5.74) is 15.4. The lowest BCUT2D eigenvalue weighted by molar-refractivity contribution is 0.481. The molecule has 14 rings (SSSR count). The van der Waals surface area contributed by atoms with Gasteiger partial charge in [-0.25, -0.2) is 4.98 Å². The van der Waals surface area contributed by atoms with E-state index in [4.69, 9.17) is 9.72 Å². The van der Waals surface area contributed by atoms with Crippen LogP contribution in [0.4, 0.5) is 17.1 Å². The number of ether oxygens (including phenoxy) is 1. The molecule has 0 unspecified atom stereocenters. The fourth-order valence-corrected chi connectivity index (χ4v) is 11.1. The molecule has 1 aliphatic heterocycles. The number of nitrogens with zero attached hydrogens (tertiary/aromatic N) is 7. The van der Waals surface area contributed by atoms with Crippen molar-refractivity contribution in [3.8, 4) is 39.8 Å². The van der Waals surface area contributed by atoms with Crippen LogP contribution in [0.15, 0.2) is 213 Å². The van der Waals surface area contributed by atoms with Gasteiger partial charge in [0.05, 0.1) is 80.6 Å². The van der Waals surface area contributed by atoms with Crippen LogP contribution in [0.25, 0.3) is 93.7 Å². The van der Waals surface area contributed by atoms with Crippen molar-refractivity contribution in [3.05, 3.63) is 218 Å². The summed E-state index contributed by atoms with van der Waals surface area (Å²) in [6.45, 7) is 2.95. The summed E-state index contributed by atoms with van der Waals surface area (Å²) >= 11 is 0. The van der Waals surface area contributed by atoms with Crippen LogP contribution in [0.3, 0.4) is 0 Å². The molecule has 8 nitrogen and oxygen atoms in total. The molecule has 0 saturated heterocycles. The second-order valence-corrected chi connectivity index (χ2v) is 18.0. The van der Waals surface area contributed by atoms with Crippen molar-refractivity contribution < 1.29 is 4.74 Å². The van der Waals surface area contributed by atoms with Gasteiger partial charge >= 0.3 is 0 Å². The van der Waals surface area contributed by atoms with Gasteiger partial charge in [-0.05, 0) is 85.3 Å². The Bertz CT molecular complexity index is 3980. The number of aryl methyl sites for hydroxylation is 1. The van der Waals surface area contributed by atoms with Crippen LogP contribution in [-0.4, -0.2) is 37.4 Å². The number of rotatable bonds is 7. The lowest BCUT2D eigenvalue weighted by atomic mass is 9.98. The Labute approximate surface area is 397 Å². The van der Waals surface area contributed by atoms with Crippen molar-refractivity contribution in [2.45, 2.75) is 6.92 Å². The van der Waals surface area contributed by atoms with E-state index in [1.54, 1.807) is 6.20 Å². The Morgan fingerprint density at radius 2 is 0.913 bits per heavy atom. The van der Waals surface area contributed by atoms with E-state index < -0.39 is 0 Å². The molecule has 5 aromatic heterocycles. The molecule has 0 bridgehead atoms. The van der Waals surface area contributed by atoms with Crippen LogP contribution < -0.4 is 14.5 Å². The molecule has 0 radical (unpaired) electrons. The van der Waals surface area contributed by atoms with Gasteiger partial charge in [0, 0.05) is 68.8 Å². The minimum atomic E-state index is 0.667. The Kier molecular flexibility index (Phi) is 8.61. The quantitative estimate of drug-likeness (QED) is 0.160. The molecule has 69 heavy (non-hydrogen) atoms. The predicted molar refractivity (Wildman–Crippen MR) is 284 cm³/mol. The molecule has 6 heterocycles. The molecule has 0 amide bonds. The van der Waals surface area contributed by atoms with Crippen molar-refractivity contribution in [2.24, 2.45) is 0 Å². The topological polar surface area (TPSA) is 56.3 Å². The molecule has 8 heteroatoms. The zero-order valence-electron chi connectivity index (χ0n) is 38.0. The number of pyridine rings is 2. The summed E-state index contributed by atoms with van der Waals surface area (Å²) in [5.74, 6) is 2.21. The van der Waals surface area contributed by atoms with Gasteiger partial charge in [-0.1, -0.05) is 109 Å². The van der Waals surface area contributed by atoms with Gasteiger partial charge in [0.25, 0.3) is 0 Å². The molecule has 0 saturated carbocycles. The third-order valence-corrected chi connectivity index (χ3v) is 14.1. The molecule has 13 aromatic rings. The molecule has 8 aromatic carbocycles. The number of para-hydroxylation sites is 7. The van der Waals surface area contributed by atoms with Gasteiger partial charge < -0.3 is 23.7 Å². The van der Waals surface area contributed by atoms with Gasteiger partial charge in [-0.2, -0.15) is 0 Å². The maximum absolute atomic E-state index is 6.67. The lowest BCUT2D eigenvalue weighted by Gasteiger charge is -2.21. The van der Waals surface area contributed by atoms with Crippen LogP contribution >= 0.6 is 0 Å². The molecule has 1 aliphatic rings. The highest BCUT2D eigenvalue weighted by molar-refractivity contribution is 6.12. The average molecular weight is 890 g/mol. The van der Waals surface area contributed by atoms with E-state index in [2.05, 4.69) is 237 Å². The molecule has 328 valence electrons. The van der Waals surface area contributed by atoms with Gasteiger partial charge in [-0.3, -0.25) is 9.55 Å². The number of anilines is 3. The van der Waals surface area contributed by atoms with E-state index in [1.165, 1.54) is 27.2 Å². The first-order chi connectivity index (χ1) is 34.1. The molecular formula is C61H43N7O. The highest BCUT2D eigenvalue weighted by atomic mass is 16.5. The molecule has 0 fully saturated rings. The number of aromatic nitrogens is 5. The van der Waals surface area contributed by atoms with Crippen LogP contribution in [0.5, 0.6) is 11.5 Å². The Balaban J connectivity index is 0.943. The van der Waals surface area contributed by atoms with Crippen molar-refractivity contribution in [2.75, 3.05) is 23.5 Å². The van der Waals surface area contributed by atoms with Crippen LogP contribution in [0.2, 0.25) is 0 Å². The van der Waals surface area contributed by atoms with Gasteiger partial charge in [-0.15, -0.1) is 0 Å². The number of hydrogen-bond acceptors (Lipinski definition) is 5. The van der Waals surface area contributed by atoms with E-state index in [0.717, 1.165) is 95.8 Å². The van der Waals surface area contributed by atoms with Crippen LogP contribution in [0, 0.1) is 6.92 Å². The van der Waals surface area contributed by atoms with Crippen LogP contribution in [-0.2, 0) is 0 Å². The van der Waals surface area contributed by atoms with Crippen molar-refractivity contribution >= 4 is 82.5 Å². The van der Waals surface area contributed by atoms with Crippen LogP contribution in [0.1, 0.15) is 5.56 Å². The van der Waals surface area contributed by atoms with Gasteiger partial charge in [0.1, 0.15) is 17.3 Å². The molecule has 0 atom stereocenters. The summed E-state index contributed by atoms with van der Waals surface area (Å²) in [5, 5.41) is 7.14. The largest absolute Gasteiger partial charge is 0.456 e. The summed E-state index contributed by atoms with van der Waals surface area (Å²) in [4.78, 5) is 14.6. The monoisotopic (exact) mass is 889 g/mol. The average Bonchev–Trinajstić information content (AvgIpc) is 4.12. The predicted octanol–water partition coefficient (Wildman–Crippen LogP) is 15.1. The third-order valence-electron chi connectivity index (χ3n) is 14.1. The molecule has 0 N–H and O–H groups in total. The summed E-state index contributed by atoms with van der Waals surface area (Å²) in [6.07, 6.45) is 5.76. The Morgan fingerprint density at radius 3 is 1.48 bits per heavy atom. The Morgan fingerprint density at radius 1 is 0.420 bits per heavy atom. The van der Waals surface area contributed by atoms with E-state index in [0.29, 0.717) is 11.5 Å². The second-order valence-electron chi connectivity index (χ2n) is 18.0. The maximum atomic E-state index is 6.67. The third kappa shape index (κ3) is 5.95. The SMILES string of the molecule is Cc1cc(-n2c3ccccc3c3ccc(Oc4cncc(N5CN(C)c6ccccc65)c4)cc32)ncc1-c1c(-n2c3ccccc3c3ccccc32)cccc1-n1c2ccccc2c2ccccc21. The molecular weight excluding hydrogens is 847 g/mol. The minimum Gasteiger partial charge on any atom is -0.456 e. The van der Waals surface area contributed by atoms with E-state index in [-0.39, 0.29) is 0 Å². The number of hydrogen-bond donors (Lipinski definition) is 0. The second kappa shape index (κ2) is 15.2. The highest BCUT2D eigenvalue weighted by Crippen LogP contribution is 2.45. The summed E-state index contributed by atoms with van der Waals surface area (Å²) in [7, 11) is 2.11. The van der Waals surface area contributed by atoms with Crippen molar-refractivity contribution in [3.63, 3.8) is 0 Å². The molecule has 0 spiro atoms. The fraction of sp³-hybridized carbons (Fsp3) is 0.0492. The first kappa shape index (κ1) is 39.1. The normalized spacial score (nSPS) is 12.7. The number of benzene rings is 8. The van der Waals surface area contributed by atoms with Gasteiger partial charge in [0.2, 0.25) is 0 Å². The first-order valence-corrected chi connectivity index (χ1v) is 23.4. The zero-order chi connectivity index (χ0) is 45.7. The van der Waals surface area contributed by atoms with Crippen molar-refractivity contribution in [1.82, 2.24) is 23.7 Å².